The molecule has 0 unspecified atom stereocenters. The molecule has 0 spiro atoms. The molecule has 4 N–H and O–H groups in total. The quantitative estimate of drug-likeness (QED) is 0.156. The zero-order chi connectivity index (χ0) is 35.7. The molecule has 11 heteroatoms. The van der Waals surface area contributed by atoms with Gasteiger partial charge in [0.05, 0.1) is 12.0 Å². The summed E-state index contributed by atoms with van der Waals surface area (Å²) in [6.45, 7) is 0.706. The average molecular weight is 686 g/mol. The van der Waals surface area contributed by atoms with Crippen molar-refractivity contribution in [1.29, 1.82) is 5.26 Å². The lowest BCUT2D eigenvalue weighted by atomic mass is 9.98. The second-order valence-electron chi connectivity index (χ2n) is 12.8. The number of ether oxygens (including phenoxy) is 1. The van der Waals surface area contributed by atoms with E-state index in [1.54, 1.807) is 0 Å². The van der Waals surface area contributed by atoms with Crippen molar-refractivity contribution in [2.75, 3.05) is 13.2 Å². The standard InChI is InChI=1S/C40H39N5O6/c41-21-29-20-36(45(24-29)38(47)35(44-39(48)49)19-18-26-8-2-1-3-9-26)37(46)42-22-27-14-16-28(17-15-27)23-43-40(50)51-25-34-32-12-6-4-10-30(32)31-11-5-7-13-33(31)34/h1-17,29,34-36,44H,18-20,22-25H2,(H,42,46)(H,43,50)(H,48,49)/t29-,35+,36-/m0/s1. The topological polar surface area (TPSA) is 161 Å². The minimum Gasteiger partial charge on any atom is -0.465 e. The smallest absolute Gasteiger partial charge is 0.407 e. The lowest BCUT2D eigenvalue weighted by Crippen LogP contribution is -2.53. The highest BCUT2D eigenvalue weighted by molar-refractivity contribution is 5.92. The number of nitriles is 1. The number of hydrogen-bond donors (Lipinski definition) is 4. The van der Waals surface area contributed by atoms with Gasteiger partial charge in [-0.1, -0.05) is 103 Å². The molecule has 11 nitrogen and oxygen atoms in total. The van der Waals surface area contributed by atoms with Gasteiger partial charge in [-0.05, 0) is 58.2 Å². The molecule has 4 aromatic rings. The molecule has 51 heavy (non-hydrogen) atoms. The molecule has 1 aliphatic heterocycles. The van der Waals surface area contributed by atoms with Crippen LogP contribution in [0.1, 0.15) is 46.6 Å². The van der Waals surface area contributed by atoms with Crippen LogP contribution in [0.5, 0.6) is 0 Å². The van der Waals surface area contributed by atoms with Gasteiger partial charge in [-0.25, -0.2) is 9.59 Å². The third kappa shape index (κ3) is 8.36. The Morgan fingerprint density at radius 2 is 1.39 bits per heavy atom. The summed E-state index contributed by atoms with van der Waals surface area (Å²) in [6, 6.07) is 33.3. The third-order valence-corrected chi connectivity index (χ3v) is 9.50. The molecule has 0 bridgehead atoms. The highest BCUT2D eigenvalue weighted by Crippen LogP contribution is 2.44. The van der Waals surface area contributed by atoms with Crippen molar-refractivity contribution in [1.82, 2.24) is 20.9 Å². The van der Waals surface area contributed by atoms with Crippen LogP contribution < -0.4 is 16.0 Å². The van der Waals surface area contributed by atoms with Gasteiger partial charge in [0.2, 0.25) is 11.8 Å². The van der Waals surface area contributed by atoms with E-state index in [1.165, 1.54) is 4.90 Å². The highest BCUT2D eigenvalue weighted by Gasteiger charge is 2.42. The highest BCUT2D eigenvalue weighted by atomic mass is 16.5. The molecule has 6 rings (SSSR count). The lowest BCUT2D eigenvalue weighted by Gasteiger charge is -2.28. The van der Waals surface area contributed by atoms with Gasteiger partial charge in [0.25, 0.3) is 0 Å². The van der Waals surface area contributed by atoms with Crippen molar-refractivity contribution >= 4 is 24.0 Å². The van der Waals surface area contributed by atoms with Crippen molar-refractivity contribution < 1.29 is 29.0 Å². The minimum absolute atomic E-state index is 0.0275. The Morgan fingerprint density at radius 3 is 2.00 bits per heavy atom. The van der Waals surface area contributed by atoms with E-state index in [0.717, 1.165) is 38.9 Å². The van der Waals surface area contributed by atoms with E-state index in [4.69, 9.17) is 4.74 Å². The van der Waals surface area contributed by atoms with Gasteiger partial charge in [0, 0.05) is 25.6 Å². The molecule has 0 radical (unpaired) electrons. The predicted octanol–water partition coefficient (Wildman–Crippen LogP) is 5.35. The molecular weight excluding hydrogens is 646 g/mol. The third-order valence-electron chi connectivity index (χ3n) is 9.50. The molecule has 1 aliphatic carbocycles. The summed E-state index contributed by atoms with van der Waals surface area (Å²) in [4.78, 5) is 52.4. The molecule has 4 aromatic carbocycles. The number of likely N-dealkylation sites (tertiary alicyclic amines) is 1. The van der Waals surface area contributed by atoms with Crippen LogP contribution in [0, 0.1) is 17.2 Å². The van der Waals surface area contributed by atoms with Crippen LogP contribution in [-0.2, 0) is 33.8 Å². The number of aryl methyl sites for hydroxylation is 1. The number of alkyl carbamates (subject to hydrolysis) is 1. The summed E-state index contributed by atoms with van der Waals surface area (Å²) >= 11 is 0. The van der Waals surface area contributed by atoms with Crippen LogP contribution in [-0.4, -0.2) is 59.2 Å². The Morgan fingerprint density at radius 1 is 0.804 bits per heavy atom. The maximum atomic E-state index is 13.6. The molecule has 2 aliphatic rings. The second kappa shape index (κ2) is 16.0. The van der Waals surface area contributed by atoms with Crippen LogP contribution in [0.3, 0.4) is 0 Å². The number of nitrogens with zero attached hydrogens (tertiary/aromatic N) is 2. The fourth-order valence-corrected chi connectivity index (χ4v) is 6.89. The zero-order valence-electron chi connectivity index (χ0n) is 28.0. The lowest BCUT2D eigenvalue weighted by molar-refractivity contribution is -0.140. The first kappa shape index (κ1) is 34.7. The number of amides is 4. The van der Waals surface area contributed by atoms with Crippen molar-refractivity contribution in [2.45, 2.75) is 50.4 Å². The van der Waals surface area contributed by atoms with Crippen molar-refractivity contribution in [3.63, 3.8) is 0 Å². The van der Waals surface area contributed by atoms with Gasteiger partial charge in [-0.3, -0.25) is 9.59 Å². The molecule has 1 heterocycles. The number of nitrogens with one attached hydrogen (secondary N) is 3. The van der Waals surface area contributed by atoms with E-state index in [1.807, 2.05) is 78.9 Å². The number of carbonyl (C=O) groups excluding carboxylic acids is 3. The van der Waals surface area contributed by atoms with Crippen LogP contribution in [0.4, 0.5) is 9.59 Å². The van der Waals surface area contributed by atoms with Crippen molar-refractivity contribution in [3.05, 3.63) is 131 Å². The van der Waals surface area contributed by atoms with Crippen LogP contribution >= 0.6 is 0 Å². The Balaban J connectivity index is 0.991. The maximum Gasteiger partial charge on any atom is 0.407 e. The van der Waals surface area contributed by atoms with E-state index in [-0.39, 0.29) is 45.0 Å². The SMILES string of the molecule is N#C[C@@H]1C[C@@H](C(=O)NCc2ccc(CNC(=O)OCC3c4ccccc4-c4ccccc43)cc2)N(C(=O)[C@@H](CCc2ccccc2)NC(=O)O)C1. The predicted molar refractivity (Wildman–Crippen MR) is 189 cm³/mol. The zero-order valence-corrected chi connectivity index (χ0v) is 28.0. The van der Waals surface area contributed by atoms with Gasteiger partial charge in [0.1, 0.15) is 18.7 Å². The summed E-state index contributed by atoms with van der Waals surface area (Å²) in [5.74, 6) is -1.52. The largest absolute Gasteiger partial charge is 0.465 e. The molecule has 3 atom stereocenters. The van der Waals surface area contributed by atoms with Gasteiger partial charge in [0.15, 0.2) is 0 Å². The van der Waals surface area contributed by atoms with Crippen LogP contribution in [0.25, 0.3) is 11.1 Å². The Hall–Kier alpha value is -6.15. The van der Waals surface area contributed by atoms with E-state index in [9.17, 15) is 29.5 Å². The number of rotatable bonds is 12. The maximum absolute atomic E-state index is 13.6. The number of hydrogen-bond acceptors (Lipinski definition) is 6. The first-order valence-corrected chi connectivity index (χ1v) is 17.0. The van der Waals surface area contributed by atoms with Crippen LogP contribution in [0.15, 0.2) is 103 Å². The molecule has 1 fully saturated rings. The Labute approximate surface area is 296 Å². The monoisotopic (exact) mass is 685 g/mol. The Kier molecular flexibility index (Phi) is 10.9. The fourth-order valence-electron chi connectivity index (χ4n) is 6.89. The van der Waals surface area contributed by atoms with E-state index < -0.39 is 42.0 Å². The molecule has 0 aromatic heterocycles. The van der Waals surface area contributed by atoms with E-state index >= 15 is 0 Å². The summed E-state index contributed by atoms with van der Waals surface area (Å²) in [6.07, 6.45) is -1.02. The number of carbonyl (C=O) groups is 4. The summed E-state index contributed by atoms with van der Waals surface area (Å²) in [5, 5.41) is 27.0. The minimum atomic E-state index is -1.34. The number of benzene rings is 4. The molecule has 0 saturated carbocycles. The van der Waals surface area contributed by atoms with E-state index in [2.05, 4.69) is 46.3 Å². The summed E-state index contributed by atoms with van der Waals surface area (Å²) in [5.41, 5.74) is 7.20. The van der Waals surface area contributed by atoms with Gasteiger partial charge in [-0.2, -0.15) is 5.26 Å². The normalized spacial score (nSPS) is 16.6. The fraction of sp³-hybridized carbons (Fsp3) is 0.275. The summed E-state index contributed by atoms with van der Waals surface area (Å²) < 4.78 is 5.63. The molecule has 260 valence electrons. The van der Waals surface area contributed by atoms with Crippen molar-refractivity contribution in [3.8, 4) is 17.2 Å². The average Bonchev–Trinajstić information content (AvgIpc) is 3.74. The molecule has 4 amide bonds. The number of carboxylic acid groups (broad SMARTS) is 1. The molecule has 1 saturated heterocycles. The van der Waals surface area contributed by atoms with Gasteiger partial charge < -0.3 is 30.7 Å². The van der Waals surface area contributed by atoms with Gasteiger partial charge >= 0.3 is 12.2 Å². The summed E-state index contributed by atoms with van der Waals surface area (Å²) in [7, 11) is 0. The first-order chi connectivity index (χ1) is 24.8. The Bertz CT molecular complexity index is 1880. The number of fused-ring (bicyclic) bond motifs is 3. The molecular formula is C40H39N5O6. The second-order valence-corrected chi connectivity index (χ2v) is 12.8. The van der Waals surface area contributed by atoms with Crippen LogP contribution in [0.2, 0.25) is 0 Å². The van der Waals surface area contributed by atoms with Gasteiger partial charge in [-0.15, -0.1) is 0 Å². The van der Waals surface area contributed by atoms with E-state index in [0.29, 0.717) is 6.42 Å². The first-order valence-electron chi connectivity index (χ1n) is 17.0. The van der Waals surface area contributed by atoms with Crippen molar-refractivity contribution in [2.24, 2.45) is 5.92 Å².